The van der Waals surface area contributed by atoms with Crippen molar-refractivity contribution < 1.29 is 19.2 Å². The van der Waals surface area contributed by atoms with Crippen LogP contribution in [0.5, 0.6) is 0 Å². The summed E-state index contributed by atoms with van der Waals surface area (Å²) in [6.45, 7) is 18.5. The van der Waals surface area contributed by atoms with E-state index in [0.717, 1.165) is 99.6 Å². The minimum absolute atomic E-state index is 0.178. The van der Waals surface area contributed by atoms with Crippen LogP contribution >= 0.6 is 113 Å². The molecule has 0 bridgehead atoms. The van der Waals surface area contributed by atoms with Crippen molar-refractivity contribution in [1.82, 2.24) is 0 Å². The molecule has 0 radical (unpaired) electrons. The maximum atomic E-state index is 13.7. The smallest absolute Gasteiger partial charge is 0.197 e. The lowest BCUT2D eigenvalue weighted by molar-refractivity contribution is 0.0975. The normalized spacial score (nSPS) is 13.6. The largest absolute Gasteiger partial charge is 0.288 e. The van der Waals surface area contributed by atoms with Crippen LogP contribution in [0, 0.1) is 11.8 Å². The lowest BCUT2D eigenvalue weighted by Crippen LogP contribution is -2.01. The van der Waals surface area contributed by atoms with Gasteiger partial charge in [-0.3, -0.25) is 19.2 Å². The van der Waals surface area contributed by atoms with Crippen LogP contribution in [0.25, 0.3) is 112 Å². The zero-order chi connectivity index (χ0) is 74.7. The summed E-state index contributed by atoms with van der Waals surface area (Å²) in [5.41, 5.74) is 10.7. The second-order valence-electron chi connectivity index (χ2n) is 29.4. The Labute approximate surface area is 678 Å². The van der Waals surface area contributed by atoms with Crippen LogP contribution in [-0.2, 0) is 38.5 Å². The van der Waals surface area contributed by atoms with E-state index in [1.165, 1.54) is 183 Å². The first-order valence-electron chi connectivity index (χ1n) is 39.5. The van der Waals surface area contributed by atoms with Gasteiger partial charge in [-0.15, -0.1) is 113 Å². The number of hydrogen-bond donors (Lipinski definition) is 0. The van der Waals surface area contributed by atoms with Crippen molar-refractivity contribution in [2.24, 2.45) is 11.8 Å². The van der Waals surface area contributed by atoms with Crippen LogP contribution < -0.4 is 0 Å². The Balaban J connectivity index is 0.846. The van der Waals surface area contributed by atoms with Crippen molar-refractivity contribution in [2.75, 3.05) is 0 Å². The van der Waals surface area contributed by atoms with Crippen molar-refractivity contribution in [3.05, 3.63) is 209 Å². The first-order valence-corrected chi connectivity index (χ1v) is 47.7. The van der Waals surface area contributed by atoms with Crippen LogP contribution in [0.2, 0.25) is 0 Å². The number of fused-ring (bicyclic) bond motifs is 4. The standard InChI is InChI=1S/C94H94O4S10/c1-9-17-27-55(15-7)45-61-37-39-75(99-61)83-69-53-79(73-41-43-77(103-73)89-59(31-21-13-5)49-81(107-89)91-57(29-19-11-3)47-63(101-91)51-71-85(95)65-33-23-24-34-66(65)86(71)96)106-94(69)84(76-40-38-62(100-76)46-56(16-8)28-18-10-2)70-54-80(105-93(70)83)74-42-44-78(104-74)90-60(32-22-14-6)50-82(108-90)92-58(30-20-12-4)48-64(102-92)52-72-87(97)67-35-25-26-36-68(67)88(72)98/h23-26,33-44,47-56H,9-22,27-32,45-46H2,1-8H3. The molecule has 3 aromatic carbocycles. The monoisotopic (exact) mass is 1610 g/mol. The number of aryl methyl sites for hydroxylation is 4. The van der Waals surface area contributed by atoms with Crippen molar-refractivity contribution in [3.63, 3.8) is 0 Å². The first kappa shape index (κ1) is 76.7. The molecule has 0 saturated carbocycles. The highest BCUT2D eigenvalue weighted by Crippen LogP contribution is 2.57. The van der Waals surface area contributed by atoms with Gasteiger partial charge in [0.15, 0.2) is 23.1 Å². The van der Waals surface area contributed by atoms with E-state index in [4.69, 9.17) is 0 Å². The summed E-state index contributed by atoms with van der Waals surface area (Å²) in [5.74, 6) is 0.620. The number of ketones is 4. The Morgan fingerprint density at radius 3 is 0.991 bits per heavy atom. The van der Waals surface area contributed by atoms with Crippen LogP contribution in [0.1, 0.15) is 241 Å². The number of rotatable bonds is 34. The highest BCUT2D eigenvalue weighted by molar-refractivity contribution is 7.32. The van der Waals surface area contributed by atoms with Gasteiger partial charge in [0.05, 0.1) is 11.1 Å². The molecule has 108 heavy (non-hydrogen) atoms. The molecule has 554 valence electrons. The van der Waals surface area contributed by atoms with Crippen molar-refractivity contribution in [2.45, 2.75) is 197 Å². The minimum atomic E-state index is -0.178. The molecule has 0 saturated heterocycles. The molecule has 0 aliphatic heterocycles. The Morgan fingerprint density at radius 2 is 0.639 bits per heavy atom. The van der Waals surface area contributed by atoms with Crippen molar-refractivity contribution >= 4 is 169 Å². The fourth-order valence-corrected chi connectivity index (χ4v) is 28.1. The number of benzene rings is 3. The molecule has 0 spiro atoms. The SMILES string of the molecule is CCCCc1cc(C=C2C(=O)c3ccccc3C2=O)sc1-c1cc(CCCC)c(-c2ccc(-c3cc4c(-c5ccc(CC(CC)CCCC)s5)c5sc(-c6ccc(-c7sc(-c8sc(C=C9C(=O)c%10ccccc%10C9=O)cc8CCCC)cc7CCCC)s6)cc5c(-c5ccc(CC(CC)CCCC)s5)c4s3)s2)s1. The predicted molar refractivity (Wildman–Crippen MR) is 478 cm³/mol. The molecule has 0 amide bonds. The summed E-state index contributed by atoms with van der Waals surface area (Å²) in [6, 6.07) is 48.5. The Kier molecular flexibility index (Phi) is 24.5. The van der Waals surface area contributed by atoms with Gasteiger partial charge in [0.25, 0.3) is 0 Å². The minimum Gasteiger partial charge on any atom is -0.288 e. The molecule has 4 nitrogen and oxygen atoms in total. The molecule has 10 aromatic heterocycles. The molecular formula is C94H94O4S10. The number of Topliss-reactive ketones (excluding diaryl/α,β-unsaturated/α-hetero) is 4. The molecule has 14 heteroatoms. The van der Waals surface area contributed by atoms with E-state index in [9.17, 15) is 19.2 Å². The molecule has 13 aromatic rings. The van der Waals surface area contributed by atoms with Gasteiger partial charge in [-0.1, -0.05) is 181 Å². The molecule has 15 rings (SSSR count). The van der Waals surface area contributed by atoms with E-state index in [-0.39, 0.29) is 34.3 Å². The van der Waals surface area contributed by atoms with E-state index >= 15 is 0 Å². The van der Waals surface area contributed by atoms with Crippen LogP contribution in [0.4, 0.5) is 0 Å². The van der Waals surface area contributed by atoms with E-state index in [0.29, 0.717) is 34.1 Å². The van der Waals surface area contributed by atoms with E-state index in [1.54, 1.807) is 46.9 Å². The Bertz CT molecular complexity index is 5070. The molecule has 2 aliphatic rings. The van der Waals surface area contributed by atoms with Crippen LogP contribution in [0.15, 0.2) is 145 Å². The van der Waals surface area contributed by atoms with E-state index < -0.39 is 0 Å². The van der Waals surface area contributed by atoms with Gasteiger partial charge < -0.3 is 0 Å². The average Bonchev–Trinajstić information content (AvgIpc) is 1.55. The quantitative estimate of drug-likeness (QED) is 0.0298. The zero-order valence-electron chi connectivity index (χ0n) is 63.3. The third-order valence-corrected chi connectivity index (χ3v) is 34.2. The summed E-state index contributed by atoms with van der Waals surface area (Å²) < 4.78 is 2.74. The van der Waals surface area contributed by atoms with Crippen molar-refractivity contribution in [1.29, 1.82) is 0 Å². The summed E-state index contributed by atoms with van der Waals surface area (Å²) >= 11 is 19.2. The second kappa shape index (κ2) is 34.5. The molecule has 0 N–H and O–H groups in total. The van der Waals surface area contributed by atoms with Gasteiger partial charge >= 0.3 is 0 Å². The highest BCUT2D eigenvalue weighted by atomic mass is 32.1. The van der Waals surface area contributed by atoms with Gasteiger partial charge in [-0.25, -0.2) is 0 Å². The lowest BCUT2D eigenvalue weighted by atomic mass is 9.95. The van der Waals surface area contributed by atoms with Crippen molar-refractivity contribution in [3.8, 4) is 79.4 Å². The third-order valence-electron chi connectivity index (χ3n) is 21.8. The molecular weight excluding hydrogens is 1510 g/mol. The van der Waals surface area contributed by atoms with E-state index in [1.807, 2.05) is 127 Å². The maximum Gasteiger partial charge on any atom is 0.197 e. The van der Waals surface area contributed by atoms with Gasteiger partial charge in [0.1, 0.15) is 0 Å². The Morgan fingerprint density at radius 1 is 0.306 bits per heavy atom. The third kappa shape index (κ3) is 15.7. The summed E-state index contributed by atoms with van der Waals surface area (Å²) in [5, 5.41) is 2.70. The highest BCUT2D eigenvalue weighted by Gasteiger charge is 2.35. The lowest BCUT2D eigenvalue weighted by Gasteiger charge is -2.13. The predicted octanol–water partition coefficient (Wildman–Crippen LogP) is 31.8. The zero-order valence-corrected chi connectivity index (χ0v) is 71.4. The van der Waals surface area contributed by atoms with Crippen LogP contribution in [0.3, 0.4) is 0 Å². The number of allylic oxidation sites excluding steroid dienone is 2. The molecule has 2 aliphatic carbocycles. The number of unbranched alkanes of at least 4 members (excludes halogenated alkanes) is 6. The molecule has 0 fully saturated rings. The molecule has 2 unspecified atom stereocenters. The number of hydrogen-bond acceptors (Lipinski definition) is 14. The molecule has 10 heterocycles. The molecule has 2 atom stereocenters. The fourth-order valence-electron chi connectivity index (χ4n) is 15.6. The number of carbonyl (C=O) groups is 4. The van der Waals surface area contributed by atoms with Gasteiger partial charge in [-0.05, 0) is 195 Å². The number of carbonyl (C=O) groups excluding carboxylic acids is 4. The van der Waals surface area contributed by atoms with Gasteiger partial charge in [0.2, 0.25) is 0 Å². The average molecular weight is 1610 g/mol. The van der Waals surface area contributed by atoms with Crippen LogP contribution in [-0.4, -0.2) is 23.1 Å². The first-order chi connectivity index (χ1) is 52.8. The van der Waals surface area contributed by atoms with Gasteiger partial charge in [-0.2, -0.15) is 0 Å². The maximum absolute atomic E-state index is 13.7. The topological polar surface area (TPSA) is 68.3 Å². The summed E-state index contributed by atoms with van der Waals surface area (Å²) in [4.78, 5) is 77.9. The van der Waals surface area contributed by atoms with E-state index in [2.05, 4.69) is 140 Å². The number of thiophene rings is 10. The fraction of sp³-hybridized carbons (Fsp3) is 0.340. The summed E-state index contributed by atoms with van der Waals surface area (Å²) in [6.07, 6.45) is 28.5. The summed E-state index contributed by atoms with van der Waals surface area (Å²) in [7, 11) is 0. The Hall–Kier alpha value is -6.66. The second-order valence-corrected chi connectivity index (χ2v) is 40.3. The van der Waals surface area contributed by atoms with Gasteiger partial charge in [0, 0.05) is 141 Å².